The van der Waals surface area contributed by atoms with Crippen molar-refractivity contribution >= 4 is 5.78 Å². The number of benzene rings is 1. The van der Waals surface area contributed by atoms with Crippen LogP contribution >= 0.6 is 0 Å². The van der Waals surface area contributed by atoms with E-state index in [0.29, 0.717) is 6.54 Å². The molecule has 0 fully saturated rings. The first-order valence-corrected chi connectivity index (χ1v) is 5.56. The molecule has 1 aromatic rings. The molecule has 2 N–H and O–H groups in total. The van der Waals surface area contributed by atoms with E-state index in [0.717, 1.165) is 12.1 Å². The Morgan fingerprint density at radius 1 is 1.17 bits per heavy atom. The number of nitrogens with two attached hydrogens (primary N) is 1. The van der Waals surface area contributed by atoms with Crippen molar-refractivity contribution < 1.29 is 18.0 Å². The van der Waals surface area contributed by atoms with Crippen LogP contribution in [0.2, 0.25) is 0 Å². The highest BCUT2D eigenvalue weighted by atomic mass is 19.4. The highest BCUT2D eigenvalue weighted by Crippen LogP contribution is 2.29. The number of ketones is 1. The standard InChI is InChI=1S/C13H16F3NO/c1-12(2,8-17)7-11(18)9-3-5-10(6-4-9)13(14,15)16/h3-6H,7-8,17H2,1-2H3. The van der Waals surface area contributed by atoms with E-state index in [2.05, 4.69) is 0 Å². The summed E-state index contributed by atoms with van der Waals surface area (Å²) in [6.45, 7) is 4.03. The van der Waals surface area contributed by atoms with Gasteiger partial charge in [0.05, 0.1) is 5.56 Å². The van der Waals surface area contributed by atoms with Crippen molar-refractivity contribution in [3.05, 3.63) is 35.4 Å². The summed E-state index contributed by atoms with van der Waals surface area (Å²) >= 11 is 0. The van der Waals surface area contributed by atoms with E-state index in [9.17, 15) is 18.0 Å². The first-order valence-electron chi connectivity index (χ1n) is 5.56. The third-order valence-corrected chi connectivity index (χ3v) is 2.73. The second-order valence-electron chi connectivity index (χ2n) is 5.04. The molecule has 5 heteroatoms. The summed E-state index contributed by atoms with van der Waals surface area (Å²) in [6.07, 6.45) is -4.16. The van der Waals surface area contributed by atoms with E-state index in [4.69, 9.17) is 5.73 Å². The number of hydrogen-bond acceptors (Lipinski definition) is 2. The van der Waals surface area contributed by atoms with E-state index in [1.54, 1.807) is 0 Å². The molecule has 0 aliphatic carbocycles. The summed E-state index contributed by atoms with van der Waals surface area (Å²) < 4.78 is 37.0. The second-order valence-corrected chi connectivity index (χ2v) is 5.04. The summed E-state index contributed by atoms with van der Waals surface area (Å²) in [7, 11) is 0. The molecule has 1 rings (SSSR count). The smallest absolute Gasteiger partial charge is 0.330 e. The molecule has 0 aliphatic heterocycles. The molecule has 0 aromatic heterocycles. The number of halogens is 3. The van der Waals surface area contributed by atoms with Gasteiger partial charge in [0.1, 0.15) is 0 Å². The lowest BCUT2D eigenvalue weighted by Gasteiger charge is -2.21. The van der Waals surface area contributed by atoms with Gasteiger partial charge in [-0.3, -0.25) is 4.79 Å². The zero-order valence-electron chi connectivity index (χ0n) is 10.3. The molecule has 0 bridgehead atoms. The average Bonchev–Trinajstić information content (AvgIpc) is 2.27. The zero-order valence-corrected chi connectivity index (χ0v) is 10.3. The van der Waals surface area contributed by atoms with Gasteiger partial charge in [0.25, 0.3) is 0 Å². The molecule has 2 nitrogen and oxygen atoms in total. The lowest BCUT2D eigenvalue weighted by atomic mass is 9.85. The van der Waals surface area contributed by atoms with Crippen LogP contribution in [0.4, 0.5) is 13.2 Å². The van der Waals surface area contributed by atoms with Gasteiger partial charge in [0.15, 0.2) is 5.78 Å². The molecular formula is C13H16F3NO. The Morgan fingerprint density at radius 2 is 1.67 bits per heavy atom. The predicted octanol–water partition coefficient (Wildman–Crippen LogP) is 3.26. The van der Waals surface area contributed by atoms with Gasteiger partial charge in [-0.05, 0) is 24.1 Å². The molecule has 0 radical (unpaired) electrons. The van der Waals surface area contributed by atoms with Gasteiger partial charge in [0.2, 0.25) is 0 Å². The van der Waals surface area contributed by atoms with Crippen LogP contribution in [0.1, 0.15) is 36.2 Å². The molecule has 0 spiro atoms. The lowest BCUT2D eigenvalue weighted by molar-refractivity contribution is -0.137. The van der Waals surface area contributed by atoms with Crippen molar-refractivity contribution in [2.24, 2.45) is 11.1 Å². The number of carbonyl (C=O) groups excluding carboxylic acids is 1. The highest BCUT2D eigenvalue weighted by molar-refractivity contribution is 5.96. The second kappa shape index (κ2) is 5.10. The van der Waals surface area contributed by atoms with Gasteiger partial charge in [-0.15, -0.1) is 0 Å². The molecular weight excluding hydrogens is 243 g/mol. The maximum Gasteiger partial charge on any atom is 0.416 e. The van der Waals surface area contributed by atoms with Crippen molar-refractivity contribution in [2.45, 2.75) is 26.4 Å². The molecule has 0 amide bonds. The van der Waals surface area contributed by atoms with Gasteiger partial charge < -0.3 is 5.73 Å². The summed E-state index contributed by atoms with van der Waals surface area (Å²) in [5.41, 5.74) is 4.69. The van der Waals surface area contributed by atoms with Crippen LogP contribution in [0, 0.1) is 5.41 Å². The van der Waals surface area contributed by atoms with Crippen molar-refractivity contribution in [2.75, 3.05) is 6.54 Å². The minimum atomic E-state index is -4.38. The normalized spacial score (nSPS) is 12.6. The Hall–Kier alpha value is -1.36. The number of hydrogen-bond donors (Lipinski definition) is 1. The van der Waals surface area contributed by atoms with E-state index in [-0.39, 0.29) is 23.2 Å². The van der Waals surface area contributed by atoms with Gasteiger partial charge >= 0.3 is 6.18 Å². The maximum atomic E-state index is 12.3. The number of rotatable bonds is 4. The minimum Gasteiger partial charge on any atom is -0.330 e. The third-order valence-electron chi connectivity index (χ3n) is 2.73. The fourth-order valence-corrected chi connectivity index (χ4v) is 1.45. The highest BCUT2D eigenvalue weighted by Gasteiger charge is 2.30. The molecule has 0 saturated carbocycles. The molecule has 100 valence electrons. The lowest BCUT2D eigenvalue weighted by Crippen LogP contribution is -2.26. The Morgan fingerprint density at radius 3 is 2.06 bits per heavy atom. The van der Waals surface area contributed by atoms with Crippen molar-refractivity contribution in [3.8, 4) is 0 Å². The largest absolute Gasteiger partial charge is 0.416 e. The molecule has 0 aliphatic rings. The van der Waals surface area contributed by atoms with Gasteiger partial charge in [-0.1, -0.05) is 26.0 Å². The van der Waals surface area contributed by atoms with Gasteiger partial charge in [-0.25, -0.2) is 0 Å². The first-order chi connectivity index (χ1) is 8.15. The monoisotopic (exact) mass is 259 g/mol. The quantitative estimate of drug-likeness (QED) is 0.843. The predicted molar refractivity (Wildman–Crippen MR) is 63.2 cm³/mol. The van der Waals surface area contributed by atoms with Crippen LogP contribution < -0.4 is 5.73 Å². The Labute approximate surface area is 104 Å². The van der Waals surface area contributed by atoms with Crippen LogP contribution in [0.15, 0.2) is 24.3 Å². The molecule has 0 atom stereocenters. The van der Waals surface area contributed by atoms with E-state index >= 15 is 0 Å². The van der Waals surface area contributed by atoms with Crippen molar-refractivity contribution in [3.63, 3.8) is 0 Å². The summed E-state index contributed by atoms with van der Waals surface area (Å²) in [5, 5.41) is 0. The molecule has 18 heavy (non-hydrogen) atoms. The van der Waals surface area contributed by atoms with E-state index in [1.807, 2.05) is 13.8 Å². The van der Waals surface area contributed by atoms with Crippen LogP contribution in [0.3, 0.4) is 0 Å². The van der Waals surface area contributed by atoms with Gasteiger partial charge in [-0.2, -0.15) is 13.2 Å². The molecule has 0 saturated heterocycles. The SMILES string of the molecule is CC(C)(CN)CC(=O)c1ccc(C(F)(F)F)cc1. The molecule has 0 unspecified atom stereocenters. The molecule has 0 heterocycles. The van der Waals surface area contributed by atoms with E-state index in [1.165, 1.54) is 12.1 Å². The van der Waals surface area contributed by atoms with Crippen LogP contribution in [0.5, 0.6) is 0 Å². The molecule has 1 aromatic carbocycles. The Bertz CT molecular complexity index is 421. The third kappa shape index (κ3) is 3.84. The van der Waals surface area contributed by atoms with Gasteiger partial charge in [0, 0.05) is 12.0 Å². The summed E-state index contributed by atoms with van der Waals surface area (Å²) in [4.78, 5) is 11.8. The van der Waals surface area contributed by atoms with Crippen LogP contribution in [-0.4, -0.2) is 12.3 Å². The summed E-state index contributed by atoms with van der Waals surface area (Å²) in [5.74, 6) is -0.195. The van der Waals surface area contributed by atoms with Crippen LogP contribution in [0.25, 0.3) is 0 Å². The summed E-state index contributed by atoms with van der Waals surface area (Å²) in [6, 6.07) is 4.25. The van der Waals surface area contributed by atoms with Crippen molar-refractivity contribution in [1.82, 2.24) is 0 Å². The average molecular weight is 259 g/mol. The number of Topliss-reactive ketones (excluding diaryl/α,β-unsaturated/α-hetero) is 1. The number of alkyl halides is 3. The van der Waals surface area contributed by atoms with Crippen molar-refractivity contribution in [1.29, 1.82) is 0 Å². The maximum absolute atomic E-state index is 12.3. The number of carbonyl (C=O) groups is 1. The minimum absolute atomic E-state index is 0.195. The zero-order chi connectivity index (χ0) is 14.0. The fourth-order valence-electron chi connectivity index (χ4n) is 1.45. The van der Waals surface area contributed by atoms with E-state index < -0.39 is 11.7 Å². The fraction of sp³-hybridized carbons (Fsp3) is 0.462. The van der Waals surface area contributed by atoms with Crippen LogP contribution in [-0.2, 0) is 6.18 Å². The first kappa shape index (κ1) is 14.7. The Kier molecular flexibility index (Phi) is 4.16. The Balaban J connectivity index is 2.83. The topological polar surface area (TPSA) is 43.1 Å².